The quantitative estimate of drug-likeness (QED) is 0.928. The van der Waals surface area contributed by atoms with Crippen LogP contribution in [-0.4, -0.2) is 32.4 Å². The first kappa shape index (κ1) is 14.5. The summed E-state index contributed by atoms with van der Waals surface area (Å²) in [4.78, 5) is 0. The molecule has 2 atom stereocenters. The minimum atomic E-state index is -3.29. The van der Waals surface area contributed by atoms with E-state index in [2.05, 4.69) is 5.32 Å². The second kappa shape index (κ2) is 5.75. The molecule has 6 heteroatoms. The highest BCUT2D eigenvalue weighted by atomic mass is 32.2. The average Bonchev–Trinajstić information content (AvgIpc) is 3.06. The van der Waals surface area contributed by atoms with E-state index in [0.717, 1.165) is 24.9 Å². The standard InChI is InChI=1S/C14H22N2O2S2/c1-15-9-11-8-14(19-10-11)20(17,18)16-7-3-5-12-4-2-6-13(12)16/h8,10,12-13,15H,2-7,9H2,1H3. The molecule has 2 unspecified atom stereocenters. The first-order chi connectivity index (χ1) is 9.63. The van der Waals surface area contributed by atoms with E-state index in [4.69, 9.17) is 0 Å². The molecule has 112 valence electrons. The summed E-state index contributed by atoms with van der Waals surface area (Å²) < 4.78 is 28.0. The van der Waals surface area contributed by atoms with Crippen molar-refractivity contribution in [3.8, 4) is 0 Å². The summed E-state index contributed by atoms with van der Waals surface area (Å²) in [5, 5.41) is 5.01. The summed E-state index contributed by atoms with van der Waals surface area (Å²) in [6, 6.07) is 2.08. The Labute approximate surface area is 125 Å². The highest BCUT2D eigenvalue weighted by molar-refractivity contribution is 7.91. The van der Waals surface area contributed by atoms with Crippen LogP contribution in [0.4, 0.5) is 0 Å². The number of hydrogen-bond acceptors (Lipinski definition) is 4. The number of sulfonamides is 1. The van der Waals surface area contributed by atoms with Crippen LogP contribution >= 0.6 is 11.3 Å². The molecule has 0 bridgehead atoms. The molecule has 0 aromatic carbocycles. The molecule has 2 aliphatic rings. The summed E-state index contributed by atoms with van der Waals surface area (Å²) in [6.07, 6.45) is 5.63. The largest absolute Gasteiger partial charge is 0.316 e. The molecule has 1 aromatic heterocycles. The highest BCUT2D eigenvalue weighted by Crippen LogP contribution is 2.40. The monoisotopic (exact) mass is 314 g/mol. The summed E-state index contributed by atoms with van der Waals surface area (Å²) in [5.41, 5.74) is 1.05. The summed E-state index contributed by atoms with van der Waals surface area (Å²) in [6.45, 7) is 1.42. The van der Waals surface area contributed by atoms with Crippen molar-refractivity contribution in [1.82, 2.24) is 9.62 Å². The third kappa shape index (κ3) is 2.54. The molecule has 0 amide bonds. The van der Waals surface area contributed by atoms with Gasteiger partial charge < -0.3 is 5.32 Å². The number of fused-ring (bicyclic) bond motifs is 1. The Hall–Kier alpha value is -0.430. The summed E-state index contributed by atoms with van der Waals surface area (Å²) >= 11 is 1.35. The lowest BCUT2D eigenvalue weighted by Crippen LogP contribution is -2.45. The van der Waals surface area contributed by atoms with Crippen LogP contribution < -0.4 is 5.32 Å². The van der Waals surface area contributed by atoms with Gasteiger partial charge in [0.2, 0.25) is 0 Å². The smallest absolute Gasteiger partial charge is 0.252 e. The van der Waals surface area contributed by atoms with Crippen molar-refractivity contribution in [1.29, 1.82) is 0 Å². The normalized spacial score (nSPS) is 27.6. The Morgan fingerprint density at radius 3 is 2.95 bits per heavy atom. The number of rotatable bonds is 4. The Morgan fingerprint density at radius 1 is 1.35 bits per heavy atom. The van der Waals surface area contributed by atoms with Gasteiger partial charge in [-0.3, -0.25) is 0 Å². The van der Waals surface area contributed by atoms with E-state index in [9.17, 15) is 8.42 Å². The molecule has 0 spiro atoms. The van der Waals surface area contributed by atoms with Crippen LogP contribution in [0.15, 0.2) is 15.7 Å². The summed E-state index contributed by atoms with van der Waals surface area (Å²) in [5.74, 6) is 0.593. The lowest BCUT2D eigenvalue weighted by molar-refractivity contribution is 0.202. The van der Waals surface area contributed by atoms with Gasteiger partial charge in [-0.2, -0.15) is 4.31 Å². The molecule has 1 N–H and O–H groups in total. The molecule has 1 saturated carbocycles. The second-order valence-electron chi connectivity index (χ2n) is 5.82. The predicted molar refractivity (Wildman–Crippen MR) is 81.3 cm³/mol. The Bertz CT molecular complexity index is 567. The van der Waals surface area contributed by atoms with Crippen LogP contribution in [0, 0.1) is 5.92 Å². The zero-order valence-electron chi connectivity index (χ0n) is 11.8. The van der Waals surface area contributed by atoms with Gasteiger partial charge in [-0.25, -0.2) is 8.42 Å². The second-order valence-corrected chi connectivity index (χ2v) is 8.85. The molecule has 0 radical (unpaired) electrons. The van der Waals surface area contributed by atoms with Crippen LogP contribution in [0.2, 0.25) is 0 Å². The van der Waals surface area contributed by atoms with Crippen LogP contribution in [0.25, 0.3) is 0 Å². The molecule has 4 nitrogen and oxygen atoms in total. The Balaban J connectivity index is 1.86. The molecule has 3 rings (SSSR count). The van der Waals surface area contributed by atoms with Crippen molar-refractivity contribution < 1.29 is 8.42 Å². The van der Waals surface area contributed by atoms with Crippen molar-refractivity contribution in [2.24, 2.45) is 5.92 Å². The lowest BCUT2D eigenvalue weighted by atomic mass is 9.94. The number of nitrogens with one attached hydrogen (secondary N) is 1. The van der Waals surface area contributed by atoms with E-state index in [0.29, 0.717) is 16.7 Å². The summed E-state index contributed by atoms with van der Waals surface area (Å²) in [7, 11) is -1.42. The Kier molecular flexibility index (Phi) is 4.17. The zero-order chi connectivity index (χ0) is 14.2. The topological polar surface area (TPSA) is 49.4 Å². The fourth-order valence-corrected chi connectivity index (χ4v) is 6.70. The molecule has 1 aromatic rings. The molecule has 20 heavy (non-hydrogen) atoms. The van der Waals surface area contributed by atoms with Gasteiger partial charge in [0.15, 0.2) is 0 Å². The van der Waals surface area contributed by atoms with E-state index in [1.54, 1.807) is 4.31 Å². The number of nitrogens with zero attached hydrogens (tertiary/aromatic N) is 1. The van der Waals surface area contributed by atoms with Gasteiger partial charge in [0, 0.05) is 19.1 Å². The van der Waals surface area contributed by atoms with Gasteiger partial charge in [-0.1, -0.05) is 6.42 Å². The maximum atomic E-state index is 12.9. The lowest BCUT2D eigenvalue weighted by Gasteiger charge is -2.36. The van der Waals surface area contributed by atoms with E-state index in [1.165, 1.54) is 30.6 Å². The average molecular weight is 314 g/mol. The Morgan fingerprint density at radius 2 is 2.15 bits per heavy atom. The molecule has 2 heterocycles. The molecular formula is C14H22N2O2S2. The van der Waals surface area contributed by atoms with Gasteiger partial charge in [0.05, 0.1) is 0 Å². The maximum absolute atomic E-state index is 12.9. The third-order valence-corrected chi connectivity index (χ3v) is 7.90. The first-order valence-electron chi connectivity index (χ1n) is 7.37. The molecule has 1 saturated heterocycles. The van der Waals surface area contributed by atoms with Crippen LogP contribution in [0.1, 0.15) is 37.7 Å². The van der Waals surface area contributed by atoms with Crippen LogP contribution in [-0.2, 0) is 16.6 Å². The van der Waals surface area contributed by atoms with Gasteiger partial charge >= 0.3 is 0 Å². The maximum Gasteiger partial charge on any atom is 0.252 e. The number of piperidine rings is 1. The van der Waals surface area contributed by atoms with Crippen molar-refractivity contribution >= 4 is 21.4 Å². The van der Waals surface area contributed by atoms with E-state index in [-0.39, 0.29) is 6.04 Å². The van der Waals surface area contributed by atoms with Gasteiger partial charge in [-0.15, -0.1) is 11.3 Å². The van der Waals surface area contributed by atoms with Crippen molar-refractivity contribution in [2.75, 3.05) is 13.6 Å². The van der Waals surface area contributed by atoms with E-state index >= 15 is 0 Å². The van der Waals surface area contributed by atoms with Crippen LogP contribution in [0.5, 0.6) is 0 Å². The molecule has 1 aliphatic heterocycles. The minimum absolute atomic E-state index is 0.253. The number of thiophene rings is 1. The SMILES string of the molecule is CNCc1csc(S(=O)(=O)N2CCCC3CCCC32)c1. The van der Waals surface area contributed by atoms with Gasteiger partial charge in [-0.05, 0) is 55.7 Å². The highest BCUT2D eigenvalue weighted by Gasteiger charge is 2.41. The van der Waals surface area contributed by atoms with Gasteiger partial charge in [0.1, 0.15) is 4.21 Å². The minimum Gasteiger partial charge on any atom is -0.316 e. The van der Waals surface area contributed by atoms with Crippen molar-refractivity contribution in [3.63, 3.8) is 0 Å². The van der Waals surface area contributed by atoms with E-state index < -0.39 is 10.0 Å². The fraction of sp³-hybridized carbons (Fsp3) is 0.714. The van der Waals surface area contributed by atoms with E-state index in [1.807, 2.05) is 18.5 Å². The molecule has 1 aliphatic carbocycles. The number of hydrogen-bond donors (Lipinski definition) is 1. The zero-order valence-corrected chi connectivity index (χ0v) is 13.5. The van der Waals surface area contributed by atoms with Crippen LogP contribution in [0.3, 0.4) is 0 Å². The molecular weight excluding hydrogens is 292 g/mol. The predicted octanol–water partition coefficient (Wildman–Crippen LogP) is 2.42. The fourth-order valence-electron chi connectivity index (χ4n) is 3.61. The molecule has 2 fully saturated rings. The van der Waals surface area contributed by atoms with Crippen molar-refractivity contribution in [2.45, 2.75) is 48.9 Å². The first-order valence-corrected chi connectivity index (χ1v) is 9.69. The third-order valence-electron chi connectivity index (χ3n) is 4.52. The van der Waals surface area contributed by atoms with Gasteiger partial charge in [0.25, 0.3) is 10.0 Å². The van der Waals surface area contributed by atoms with Crippen molar-refractivity contribution in [3.05, 3.63) is 17.0 Å².